The lowest BCUT2D eigenvalue weighted by molar-refractivity contribution is -0.155. The maximum Gasteiger partial charge on any atom is 0.340 e. The Morgan fingerprint density at radius 2 is 2.10 bits per heavy atom. The van der Waals surface area contributed by atoms with Crippen molar-refractivity contribution in [2.45, 2.75) is 19.3 Å². The predicted octanol–water partition coefficient (Wildman–Crippen LogP) is 3.78. The molecule has 0 bridgehead atoms. The first-order chi connectivity index (χ1) is 9.60. The molecule has 1 atom stereocenters. The van der Waals surface area contributed by atoms with Crippen LogP contribution in [0.15, 0.2) is 41.8 Å². The Bertz CT molecular complexity index is 585. The molecule has 106 valence electrons. The van der Waals surface area contributed by atoms with Crippen molar-refractivity contribution in [2.24, 2.45) is 0 Å². The van der Waals surface area contributed by atoms with Crippen LogP contribution in [0.25, 0.3) is 0 Å². The van der Waals surface area contributed by atoms with E-state index in [0.29, 0.717) is 11.6 Å². The molecule has 1 unspecified atom stereocenters. The third-order valence-corrected chi connectivity index (χ3v) is 4.57. The number of halogens is 1. The third-order valence-electron chi connectivity index (χ3n) is 3.14. The molecule has 5 heteroatoms. The van der Waals surface area contributed by atoms with Crippen LogP contribution >= 0.6 is 22.9 Å². The molecule has 0 aliphatic rings. The lowest BCUT2D eigenvalue weighted by atomic mass is 9.81. The number of nitrogens with one attached hydrogen (secondary N) is 1. The van der Waals surface area contributed by atoms with Gasteiger partial charge >= 0.3 is 5.97 Å². The highest BCUT2D eigenvalue weighted by molar-refractivity contribution is 7.10. The van der Waals surface area contributed by atoms with Crippen molar-refractivity contribution >= 4 is 28.9 Å². The summed E-state index contributed by atoms with van der Waals surface area (Å²) in [5, 5.41) is 2.49. The van der Waals surface area contributed by atoms with Gasteiger partial charge in [-0.1, -0.05) is 35.9 Å². The Balaban J connectivity index is 2.50. The highest BCUT2D eigenvalue weighted by atomic mass is 35.5. The largest absolute Gasteiger partial charge is 0.369 e. The highest BCUT2D eigenvalue weighted by Crippen LogP contribution is 2.39. The van der Waals surface area contributed by atoms with E-state index in [-0.39, 0.29) is 5.97 Å². The molecular formula is C15H16ClNO2S. The van der Waals surface area contributed by atoms with E-state index in [1.54, 1.807) is 6.07 Å². The molecule has 1 N–H and O–H groups in total. The second kappa shape index (κ2) is 6.39. The molecule has 0 amide bonds. The number of hydrogen-bond donors (Lipinski definition) is 1. The van der Waals surface area contributed by atoms with Crippen LogP contribution in [0.4, 0.5) is 0 Å². The number of hydrogen-bond acceptors (Lipinski definition) is 4. The quantitative estimate of drug-likeness (QED) is 0.854. The highest BCUT2D eigenvalue weighted by Gasteiger charge is 2.41. The summed E-state index contributed by atoms with van der Waals surface area (Å²) in [5.41, 5.74) is 2.44. The topological polar surface area (TPSA) is 38.3 Å². The third kappa shape index (κ3) is 2.73. The zero-order chi connectivity index (χ0) is 14.6. The first kappa shape index (κ1) is 15.0. The molecule has 1 heterocycles. The molecule has 0 spiro atoms. The minimum Gasteiger partial charge on any atom is -0.369 e. The van der Waals surface area contributed by atoms with Gasteiger partial charge in [0, 0.05) is 16.4 Å². The SMILES string of the molecule is CCNOC(=O)C(C)(c1cccs1)c1ccccc1Cl. The van der Waals surface area contributed by atoms with E-state index in [0.717, 1.165) is 10.4 Å². The van der Waals surface area contributed by atoms with E-state index in [1.165, 1.54) is 11.3 Å². The van der Waals surface area contributed by atoms with Gasteiger partial charge in [-0.25, -0.2) is 4.79 Å². The van der Waals surface area contributed by atoms with Gasteiger partial charge in [0.2, 0.25) is 0 Å². The molecule has 2 aromatic rings. The van der Waals surface area contributed by atoms with E-state index in [4.69, 9.17) is 16.4 Å². The fourth-order valence-electron chi connectivity index (χ4n) is 2.01. The Labute approximate surface area is 127 Å². The number of benzene rings is 1. The number of hydroxylamine groups is 1. The summed E-state index contributed by atoms with van der Waals surface area (Å²) in [6.07, 6.45) is 0. The van der Waals surface area contributed by atoms with Crippen molar-refractivity contribution in [2.75, 3.05) is 6.54 Å². The summed E-state index contributed by atoms with van der Waals surface area (Å²) in [7, 11) is 0. The van der Waals surface area contributed by atoms with Crippen LogP contribution in [0.3, 0.4) is 0 Å². The first-order valence-electron chi connectivity index (χ1n) is 6.33. The lowest BCUT2D eigenvalue weighted by Gasteiger charge is -2.27. The van der Waals surface area contributed by atoms with Gasteiger partial charge in [0.05, 0.1) is 0 Å². The number of thiophene rings is 1. The van der Waals surface area contributed by atoms with Crippen LogP contribution in [-0.4, -0.2) is 12.5 Å². The number of carbonyl (C=O) groups is 1. The molecule has 1 aromatic heterocycles. The Morgan fingerprint density at radius 1 is 1.35 bits per heavy atom. The van der Waals surface area contributed by atoms with Gasteiger partial charge in [-0.2, -0.15) is 5.48 Å². The van der Waals surface area contributed by atoms with Gasteiger partial charge in [-0.05, 0) is 36.9 Å². The van der Waals surface area contributed by atoms with E-state index in [9.17, 15) is 4.79 Å². The molecule has 2 rings (SSSR count). The van der Waals surface area contributed by atoms with Gasteiger partial charge in [0.15, 0.2) is 0 Å². The van der Waals surface area contributed by atoms with E-state index >= 15 is 0 Å². The average molecular weight is 310 g/mol. The molecular weight excluding hydrogens is 294 g/mol. The molecule has 0 aliphatic carbocycles. The first-order valence-corrected chi connectivity index (χ1v) is 7.59. The maximum absolute atomic E-state index is 12.5. The minimum absolute atomic E-state index is 0.366. The van der Waals surface area contributed by atoms with Crippen molar-refractivity contribution in [1.29, 1.82) is 0 Å². The van der Waals surface area contributed by atoms with Crippen molar-refractivity contribution in [1.82, 2.24) is 5.48 Å². The fourth-order valence-corrected chi connectivity index (χ4v) is 3.23. The molecule has 0 radical (unpaired) electrons. The zero-order valence-electron chi connectivity index (χ0n) is 11.4. The maximum atomic E-state index is 12.5. The normalized spacial score (nSPS) is 13.8. The monoisotopic (exact) mass is 309 g/mol. The Hall–Kier alpha value is -1.36. The fraction of sp³-hybridized carbons (Fsp3) is 0.267. The standard InChI is InChI=1S/C15H16ClNO2S/c1-3-17-19-14(18)15(2,13-9-6-10-20-13)11-7-4-5-8-12(11)16/h4-10,17H,3H2,1-2H3. The van der Waals surface area contributed by atoms with Crippen molar-refractivity contribution < 1.29 is 9.63 Å². The molecule has 0 fully saturated rings. The summed E-state index contributed by atoms with van der Waals surface area (Å²) in [6.45, 7) is 4.25. The van der Waals surface area contributed by atoms with Crippen LogP contribution in [-0.2, 0) is 15.0 Å². The summed E-state index contributed by atoms with van der Waals surface area (Å²) in [5.74, 6) is -0.366. The molecule has 0 aliphatic heterocycles. The molecule has 0 saturated heterocycles. The summed E-state index contributed by atoms with van der Waals surface area (Å²) in [6, 6.07) is 11.2. The predicted molar refractivity (Wildman–Crippen MR) is 82.0 cm³/mol. The van der Waals surface area contributed by atoms with Crippen LogP contribution < -0.4 is 5.48 Å². The van der Waals surface area contributed by atoms with E-state index in [2.05, 4.69) is 5.48 Å². The van der Waals surface area contributed by atoms with Gasteiger partial charge in [-0.15, -0.1) is 11.3 Å². The average Bonchev–Trinajstić information content (AvgIpc) is 2.99. The van der Waals surface area contributed by atoms with Crippen LogP contribution in [0.5, 0.6) is 0 Å². The second-order valence-corrected chi connectivity index (χ2v) is 5.82. The number of rotatable bonds is 5. The van der Waals surface area contributed by atoms with E-state index in [1.807, 2.05) is 49.6 Å². The molecule has 20 heavy (non-hydrogen) atoms. The van der Waals surface area contributed by atoms with Gasteiger partial charge < -0.3 is 4.84 Å². The Morgan fingerprint density at radius 3 is 2.70 bits per heavy atom. The van der Waals surface area contributed by atoms with Crippen molar-refractivity contribution in [3.05, 3.63) is 57.2 Å². The van der Waals surface area contributed by atoms with Crippen LogP contribution in [0, 0.1) is 0 Å². The van der Waals surface area contributed by atoms with Crippen molar-refractivity contribution in [3.8, 4) is 0 Å². The lowest BCUT2D eigenvalue weighted by Crippen LogP contribution is -2.38. The smallest absolute Gasteiger partial charge is 0.340 e. The Kier molecular flexibility index (Phi) is 4.81. The van der Waals surface area contributed by atoms with Crippen LogP contribution in [0.1, 0.15) is 24.3 Å². The van der Waals surface area contributed by atoms with Gasteiger partial charge in [0.25, 0.3) is 0 Å². The summed E-state index contributed by atoms with van der Waals surface area (Å²) in [4.78, 5) is 18.6. The summed E-state index contributed by atoms with van der Waals surface area (Å²) < 4.78 is 0. The van der Waals surface area contributed by atoms with Crippen LogP contribution in [0.2, 0.25) is 5.02 Å². The van der Waals surface area contributed by atoms with Crippen molar-refractivity contribution in [3.63, 3.8) is 0 Å². The molecule has 0 saturated carbocycles. The van der Waals surface area contributed by atoms with Gasteiger partial charge in [0.1, 0.15) is 5.41 Å². The molecule has 1 aromatic carbocycles. The van der Waals surface area contributed by atoms with Gasteiger partial charge in [-0.3, -0.25) is 0 Å². The molecule has 3 nitrogen and oxygen atoms in total. The zero-order valence-corrected chi connectivity index (χ0v) is 12.9. The summed E-state index contributed by atoms with van der Waals surface area (Å²) >= 11 is 7.79. The minimum atomic E-state index is -0.922. The second-order valence-electron chi connectivity index (χ2n) is 4.47. The van der Waals surface area contributed by atoms with E-state index < -0.39 is 5.41 Å². The number of carbonyl (C=O) groups excluding carboxylic acids is 1.